The molecule has 5 heteroatoms. The molecule has 0 aromatic heterocycles. The molecular formula is C18H18ClNO3. The Morgan fingerprint density at radius 3 is 2.22 bits per heavy atom. The van der Waals surface area contributed by atoms with Crippen molar-refractivity contribution in [2.75, 3.05) is 11.4 Å². The van der Waals surface area contributed by atoms with Gasteiger partial charge in [0.1, 0.15) is 0 Å². The van der Waals surface area contributed by atoms with Crippen LogP contribution in [0.4, 0.5) is 5.69 Å². The first-order valence-electron chi connectivity index (χ1n) is 7.36. The van der Waals surface area contributed by atoms with Gasteiger partial charge in [-0.3, -0.25) is 9.59 Å². The summed E-state index contributed by atoms with van der Waals surface area (Å²) in [5, 5.41) is 10.00. The molecule has 0 radical (unpaired) electrons. The molecule has 0 spiro atoms. The maximum Gasteiger partial charge on any atom is 0.311 e. The van der Waals surface area contributed by atoms with Gasteiger partial charge in [-0.1, -0.05) is 41.9 Å². The van der Waals surface area contributed by atoms with Gasteiger partial charge in [0.15, 0.2) is 0 Å². The quantitative estimate of drug-likeness (QED) is 0.871. The molecule has 23 heavy (non-hydrogen) atoms. The fourth-order valence-corrected chi connectivity index (χ4v) is 2.56. The Hall–Kier alpha value is -2.33. The lowest BCUT2D eigenvalue weighted by Crippen LogP contribution is -2.33. The number of benzene rings is 2. The molecule has 0 aliphatic heterocycles. The summed E-state index contributed by atoms with van der Waals surface area (Å²) in [7, 11) is 0. The van der Waals surface area contributed by atoms with Gasteiger partial charge in [-0.2, -0.15) is 0 Å². The second-order valence-corrected chi connectivity index (χ2v) is 5.56. The molecule has 120 valence electrons. The van der Waals surface area contributed by atoms with E-state index < -0.39 is 11.9 Å². The number of hydrogen-bond acceptors (Lipinski definition) is 2. The maximum atomic E-state index is 12.6. The van der Waals surface area contributed by atoms with Crippen molar-refractivity contribution in [3.8, 4) is 0 Å². The van der Waals surface area contributed by atoms with Gasteiger partial charge in [0.2, 0.25) is 5.91 Å². The summed E-state index contributed by atoms with van der Waals surface area (Å²) in [5.74, 6) is -2.14. The number of para-hydroxylation sites is 1. The zero-order valence-corrected chi connectivity index (χ0v) is 13.5. The minimum absolute atomic E-state index is 0.0975. The van der Waals surface area contributed by atoms with Crippen LogP contribution >= 0.6 is 11.6 Å². The molecular weight excluding hydrogens is 314 g/mol. The lowest BCUT2D eigenvalue weighted by Gasteiger charge is -2.23. The average Bonchev–Trinajstić information content (AvgIpc) is 2.55. The van der Waals surface area contributed by atoms with Crippen LogP contribution in [0, 0.1) is 0 Å². The highest BCUT2D eigenvalue weighted by Crippen LogP contribution is 2.24. The first-order valence-corrected chi connectivity index (χ1v) is 7.74. The van der Waals surface area contributed by atoms with Crippen molar-refractivity contribution < 1.29 is 14.7 Å². The molecule has 1 atom stereocenters. The predicted molar refractivity (Wildman–Crippen MR) is 90.9 cm³/mol. The van der Waals surface area contributed by atoms with Crippen molar-refractivity contribution in [3.05, 3.63) is 65.2 Å². The second kappa shape index (κ2) is 7.79. The first-order chi connectivity index (χ1) is 11.0. The molecule has 2 aromatic carbocycles. The van der Waals surface area contributed by atoms with Crippen LogP contribution in [0.3, 0.4) is 0 Å². The summed E-state index contributed by atoms with van der Waals surface area (Å²) in [6.07, 6.45) is -0.0975. The number of hydrogen-bond donors (Lipinski definition) is 1. The third kappa shape index (κ3) is 4.33. The monoisotopic (exact) mass is 331 g/mol. The fraction of sp³-hybridized carbons (Fsp3) is 0.222. The van der Waals surface area contributed by atoms with Crippen molar-refractivity contribution in [1.29, 1.82) is 0 Å². The Labute approximate surface area is 140 Å². The van der Waals surface area contributed by atoms with Gasteiger partial charge >= 0.3 is 5.97 Å². The number of carboxylic acid groups (broad SMARTS) is 1. The lowest BCUT2D eigenvalue weighted by molar-refractivity contribution is -0.140. The minimum Gasteiger partial charge on any atom is -0.481 e. The average molecular weight is 332 g/mol. The van der Waals surface area contributed by atoms with E-state index in [1.54, 1.807) is 29.2 Å². The van der Waals surface area contributed by atoms with E-state index in [1.807, 2.05) is 37.3 Å². The van der Waals surface area contributed by atoms with Crippen LogP contribution in [0.25, 0.3) is 0 Å². The summed E-state index contributed by atoms with van der Waals surface area (Å²) in [5.41, 5.74) is 1.33. The van der Waals surface area contributed by atoms with Crippen LogP contribution in [-0.4, -0.2) is 23.5 Å². The van der Waals surface area contributed by atoms with Gasteiger partial charge in [-0.25, -0.2) is 0 Å². The molecule has 0 aliphatic rings. The topological polar surface area (TPSA) is 57.6 Å². The van der Waals surface area contributed by atoms with Crippen molar-refractivity contribution in [2.45, 2.75) is 19.3 Å². The largest absolute Gasteiger partial charge is 0.481 e. The minimum atomic E-state index is -1.02. The van der Waals surface area contributed by atoms with E-state index in [9.17, 15) is 14.7 Å². The highest BCUT2D eigenvalue weighted by Gasteiger charge is 2.26. The van der Waals surface area contributed by atoms with E-state index in [0.29, 0.717) is 17.1 Å². The maximum absolute atomic E-state index is 12.6. The highest BCUT2D eigenvalue weighted by molar-refractivity contribution is 6.30. The number of amides is 1. The van der Waals surface area contributed by atoms with Gasteiger partial charge in [0.05, 0.1) is 5.92 Å². The first kappa shape index (κ1) is 17.0. The molecule has 1 N–H and O–H groups in total. The van der Waals surface area contributed by atoms with Gasteiger partial charge in [0, 0.05) is 23.7 Å². The summed E-state index contributed by atoms with van der Waals surface area (Å²) in [6, 6.07) is 15.8. The molecule has 2 aromatic rings. The fourth-order valence-electron chi connectivity index (χ4n) is 2.44. The van der Waals surface area contributed by atoms with Crippen LogP contribution in [0.1, 0.15) is 24.8 Å². The van der Waals surface area contributed by atoms with Gasteiger partial charge < -0.3 is 10.0 Å². The molecule has 0 bridgehead atoms. The Kier molecular flexibility index (Phi) is 5.77. The molecule has 2 rings (SSSR count). The van der Waals surface area contributed by atoms with Crippen molar-refractivity contribution in [2.24, 2.45) is 0 Å². The Morgan fingerprint density at radius 2 is 1.70 bits per heavy atom. The number of aliphatic carboxylic acids is 1. The summed E-state index contributed by atoms with van der Waals surface area (Å²) >= 11 is 5.83. The summed E-state index contributed by atoms with van der Waals surface area (Å²) in [6.45, 7) is 2.35. The third-order valence-electron chi connectivity index (χ3n) is 3.63. The number of rotatable bonds is 6. The molecule has 4 nitrogen and oxygen atoms in total. The van der Waals surface area contributed by atoms with E-state index in [0.717, 1.165) is 5.69 Å². The smallest absolute Gasteiger partial charge is 0.311 e. The predicted octanol–water partition coefficient (Wildman–Crippen LogP) is 3.95. The van der Waals surface area contributed by atoms with Gasteiger partial charge in [0.25, 0.3) is 0 Å². The van der Waals surface area contributed by atoms with Gasteiger partial charge in [-0.05, 0) is 36.8 Å². The van der Waals surface area contributed by atoms with Crippen LogP contribution < -0.4 is 4.90 Å². The van der Waals surface area contributed by atoms with Crippen molar-refractivity contribution in [1.82, 2.24) is 0 Å². The Morgan fingerprint density at radius 1 is 1.09 bits per heavy atom. The van der Waals surface area contributed by atoms with E-state index in [2.05, 4.69) is 0 Å². The Bertz CT molecular complexity index is 670. The molecule has 0 fully saturated rings. The molecule has 0 saturated heterocycles. The third-order valence-corrected chi connectivity index (χ3v) is 3.89. The van der Waals surface area contributed by atoms with Crippen LogP contribution in [0.2, 0.25) is 5.02 Å². The van der Waals surface area contributed by atoms with Crippen LogP contribution in [-0.2, 0) is 9.59 Å². The normalized spacial score (nSPS) is 11.7. The molecule has 0 aliphatic carbocycles. The molecule has 1 amide bonds. The number of nitrogens with zero attached hydrogens (tertiary/aromatic N) is 1. The van der Waals surface area contributed by atoms with E-state index in [4.69, 9.17) is 11.6 Å². The zero-order chi connectivity index (χ0) is 16.8. The standard InChI is InChI=1S/C18H18ClNO3/c1-2-20(15-6-4-3-5-7-15)17(21)12-16(18(22)23)13-8-10-14(19)11-9-13/h3-11,16H,2,12H2,1H3,(H,22,23). The lowest BCUT2D eigenvalue weighted by atomic mass is 9.95. The van der Waals surface area contributed by atoms with Crippen LogP contribution in [0.15, 0.2) is 54.6 Å². The second-order valence-electron chi connectivity index (χ2n) is 5.12. The van der Waals surface area contributed by atoms with E-state index in [-0.39, 0.29) is 12.3 Å². The highest BCUT2D eigenvalue weighted by atomic mass is 35.5. The SMILES string of the molecule is CCN(C(=O)CC(C(=O)O)c1ccc(Cl)cc1)c1ccccc1. The van der Waals surface area contributed by atoms with E-state index >= 15 is 0 Å². The number of halogens is 1. The number of carbonyl (C=O) groups excluding carboxylic acids is 1. The molecule has 0 saturated carbocycles. The van der Waals surface area contributed by atoms with Crippen LogP contribution in [0.5, 0.6) is 0 Å². The molecule has 0 heterocycles. The number of carbonyl (C=O) groups is 2. The summed E-state index contributed by atoms with van der Waals surface area (Å²) in [4.78, 5) is 25.7. The number of carboxylic acids is 1. The zero-order valence-electron chi connectivity index (χ0n) is 12.8. The molecule has 1 unspecified atom stereocenters. The van der Waals surface area contributed by atoms with Crippen molar-refractivity contribution >= 4 is 29.2 Å². The number of anilines is 1. The Balaban J connectivity index is 2.20. The summed E-state index contributed by atoms with van der Waals surface area (Å²) < 4.78 is 0. The van der Waals surface area contributed by atoms with Crippen molar-refractivity contribution in [3.63, 3.8) is 0 Å². The van der Waals surface area contributed by atoms with E-state index in [1.165, 1.54) is 0 Å². The van der Waals surface area contributed by atoms with Gasteiger partial charge in [-0.15, -0.1) is 0 Å².